The SMILES string of the molecule is CCNC(Cc1cccc(Cl)c1F)c1sccc1Br. The van der Waals surface area contributed by atoms with Crippen LogP contribution in [0.3, 0.4) is 0 Å². The van der Waals surface area contributed by atoms with E-state index in [1.807, 2.05) is 18.4 Å². The van der Waals surface area contributed by atoms with E-state index in [0.29, 0.717) is 12.0 Å². The maximum Gasteiger partial charge on any atom is 0.145 e. The Kier molecular flexibility index (Phi) is 5.39. The Morgan fingerprint density at radius 3 is 2.84 bits per heavy atom. The van der Waals surface area contributed by atoms with Gasteiger partial charge in [0.05, 0.1) is 5.02 Å². The average molecular weight is 363 g/mol. The molecule has 0 saturated heterocycles. The normalized spacial score (nSPS) is 12.6. The van der Waals surface area contributed by atoms with Crippen LogP contribution in [0.15, 0.2) is 34.1 Å². The molecule has 0 spiro atoms. The van der Waals surface area contributed by atoms with Gasteiger partial charge in [0, 0.05) is 15.4 Å². The molecule has 1 N–H and O–H groups in total. The molecule has 0 bridgehead atoms. The van der Waals surface area contributed by atoms with Gasteiger partial charge in [-0.2, -0.15) is 0 Å². The van der Waals surface area contributed by atoms with Gasteiger partial charge in [-0.05, 0) is 52.0 Å². The second-order valence-corrected chi connectivity index (χ2v) is 6.37. The van der Waals surface area contributed by atoms with Crippen molar-refractivity contribution in [1.29, 1.82) is 0 Å². The molecule has 0 fully saturated rings. The standard InChI is InChI=1S/C14H14BrClFNS/c1-2-18-12(14-10(15)6-7-19-14)8-9-4-3-5-11(16)13(9)17/h3-7,12,18H,2,8H2,1H3. The first-order valence-electron chi connectivity index (χ1n) is 6.02. The summed E-state index contributed by atoms with van der Waals surface area (Å²) in [6.07, 6.45) is 0.583. The van der Waals surface area contributed by atoms with Gasteiger partial charge in [0.2, 0.25) is 0 Å². The molecule has 1 nitrogen and oxygen atoms in total. The second kappa shape index (κ2) is 6.84. The maximum absolute atomic E-state index is 14.0. The minimum absolute atomic E-state index is 0.0901. The quantitative estimate of drug-likeness (QED) is 0.771. The van der Waals surface area contributed by atoms with Crippen molar-refractivity contribution < 1.29 is 4.39 Å². The number of hydrogen-bond donors (Lipinski definition) is 1. The maximum atomic E-state index is 14.0. The second-order valence-electron chi connectivity index (χ2n) is 4.16. The fourth-order valence-corrected chi connectivity index (χ4v) is 3.90. The van der Waals surface area contributed by atoms with E-state index < -0.39 is 0 Å². The van der Waals surface area contributed by atoms with E-state index >= 15 is 0 Å². The average Bonchev–Trinajstić information content (AvgIpc) is 2.80. The van der Waals surface area contributed by atoms with Crippen LogP contribution in [0.2, 0.25) is 5.02 Å². The highest BCUT2D eigenvalue weighted by Gasteiger charge is 2.18. The van der Waals surface area contributed by atoms with E-state index in [-0.39, 0.29) is 16.9 Å². The highest BCUT2D eigenvalue weighted by Crippen LogP contribution is 2.32. The predicted octanol–water partition coefficient (Wildman–Crippen LogP) is 5.20. The minimum Gasteiger partial charge on any atom is -0.309 e. The highest BCUT2D eigenvalue weighted by molar-refractivity contribution is 9.10. The van der Waals surface area contributed by atoms with E-state index in [2.05, 4.69) is 21.2 Å². The van der Waals surface area contributed by atoms with Crippen molar-refractivity contribution in [3.8, 4) is 0 Å². The minimum atomic E-state index is -0.320. The van der Waals surface area contributed by atoms with Gasteiger partial charge in [0.15, 0.2) is 0 Å². The van der Waals surface area contributed by atoms with E-state index in [1.54, 1.807) is 29.5 Å². The third-order valence-corrected chi connectivity index (χ3v) is 5.14. The number of halogens is 3. The van der Waals surface area contributed by atoms with Crippen molar-refractivity contribution in [1.82, 2.24) is 5.32 Å². The van der Waals surface area contributed by atoms with Gasteiger partial charge in [0.25, 0.3) is 0 Å². The Bertz CT molecular complexity index is 558. The Morgan fingerprint density at radius 1 is 1.42 bits per heavy atom. The van der Waals surface area contributed by atoms with E-state index in [1.165, 1.54) is 4.88 Å². The summed E-state index contributed by atoms with van der Waals surface area (Å²) in [6, 6.07) is 7.25. The first-order chi connectivity index (χ1) is 9.13. The molecular weight excluding hydrogens is 349 g/mol. The number of hydrogen-bond acceptors (Lipinski definition) is 2. The van der Waals surface area contributed by atoms with Gasteiger partial charge in [-0.1, -0.05) is 30.7 Å². The molecule has 1 heterocycles. The molecular formula is C14H14BrClFNS. The monoisotopic (exact) mass is 361 g/mol. The molecule has 0 amide bonds. The zero-order valence-electron chi connectivity index (χ0n) is 10.4. The summed E-state index contributed by atoms with van der Waals surface area (Å²) in [5.74, 6) is -0.320. The van der Waals surface area contributed by atoms with Crippen molar-refractivity contribution >= 4 is 38.9 Å². The van der Waals surface area contributed by atoms with Gasteiger partial charge < -0.3 is 5.32 Å². The molecule has 1 aromatic heterocycles. The lowest BCUT2D eigenvalue weighted by atomic mass is 10.0. The molecule has 0 aliphatic rings. The summed E-state index contributed by atoms with van der Waals surface area (Å²) < 4.78 is 15.0. The van der Waals surface area contributed by atoms with Crippen LogP contribution < -0.4 is 5.32 Å². The van der Waals surface area contributed by atoms with Crippen LogP contribution in [0.25, 0.3) is 0 Å². The van der Waals surface area contributed by atoms with E-state index in [0.717, 1.165) is 11.0 Å². The van der Waals surface area contributed by atoms with Crippen LogP contribution >= 0.6 is 38.9 Å². The summed E-state index contributed by atoms with van der Waals surface area (Å²) in [5, 5.41) is 5.60. The molecule has 0 aliphatic carbocycles. The van der Waals surface area contributed by atoms with Crippen molar-refractivity contribution in [3.05, 3.63) is 55.4 Å². The fraction of sp³-hybridized carbons (Fsp3) is 0.286. The lowest BCUT2D eigenvalue weighted by molar-refractivity contribution is 0.533. The highest BCUT2D eigenvalue weighted by atomic mass is 79.9. The molecule has 1 unspecified atom stereocenters. The first kappa shape index (κ1) is 15.0. The lowest BCUT2D eigenvalue weighted by Gasteiger charge is -2.18. The first-order valence-corrected chi connectivity index (χ1v) is 8.07. The van der Waals surface area contributed by atoms with Crippen LogP contribution in [0, 0.1) is 5.82 Å². The molecule has 2 aromatic rings. The van der Waals surface area contributed by atoms with Gasteiger partial charge in [-0.3, -0.25) is 0 Å². The Balaban J connectivity index is 2.27. The van der Waals surface area contributed by atoms with Crippen molar-refractivity contribution in [2.75, 3.05) is 6.54 Å². The van der Waals surface area contributed by atoms with Gasteiger partial charge in [-0.15, -0.1) is 11.3 Å². The third-order valence-electron chi connectivity index (χ3n) is 2.87. The van der Waals surface area contributed by atoms with Gasteiger partial charge >= 0.3 is 0 Å². The van der Waals surface area contributed by atoms with E-state index in [9.17, 15) is 4.39 Å². The zero-order valence-corrected chi connectivity index (χ0v) is 13.6. The number of likely N-dealkylation sites (N-methyl/N-ethyl adjacent to an activating group) is 1. The van der Waals surface area contributed by atoms with Crippen molar-refractivity contribution in [2.24, 2.45) is 0 Å². The van der Waals surface area contributed by atoms with Crippen LogP contribution in [-0.4, -0.2) is 6.54 Å². The Labute approximate surface area is 129 Å². The van der Waals surface area contributed by atoms with E-state index in [4.69, 9.17) is 11.6 Å². The number of rotatable bonds is 5. The molecule has 0 aliphatic heterocycles. The predicted molar refractivity (Wildman–Crippen MR) is 83.6 cm³/mol. The number of thiophene rings is 1. The summed E-state index contributed by atoms with van der Waals surface area (Å²) >= 11 is 11.0. The molecule has 5 heteroatoms. The zero-order chi connectivity index (χ0) is 13.8. The summed E-state index contributed by atoms with van der Waals surface area (Å²) in [6.45, 7) is 2.88. The molecule has 19 heavy (non-hydrogen) atoms. The molecule has 2 rings (SSSR count). The topological polar surface area (TPSA) is 12.0 Å². The fourth-order valence-electron chi connectivity index (χ4n) is 1.98. The summed E-state index contributed by atoms with van der Waals surface area (Å²) in [7, 11) is 0. The van der Waals surface area contributed by atoms with Crippen LogP contribution in [-0.2, 0) is 6.42 Å². The summed E-state index contributed by atoms with van der Waals surface area (Å²) in [4.78, 5) is 1.18. The Morgan fingerprint density at radius 2 is 2.21 bits per heavy atom. The molecule has 102 valence electrons. The largest absolute Gasteiger partial charge is 0.309 e. The number of benzene rings is 1. The van der Waals surface area contributed by atoms with Crippen LogP contribution in [0.4, 0.5) is 4.39 Å². The Hall–Kier alpha value is -0.420. The summed E-state index contributed by atoms with van der Waals surface area (Å²) in [5.41, 5.74) is 0.638. The van der Waals surface area contributed by atoms with Gasteiger partial charge in [-0.25, -0.2) is 4.39 Å². The van der Waals surface area contributed by atoms with Crippen molar-refractivity contribution in [3.63, 3.8) is 0 Å². The smallest absolute Gasteiger partial charge is 0.145 e. The van der Waals surface area contributed by atoms with Crippen LogP contribution in [0.1, 0.15) is 23.4 Å². The number of nitrogens with one attached hydrogen (secondary N) is 1. The van der Waals surface area contributed by atoms with Gasteiger partial charge in [0.1, 0.15) is 5.82 Å². The third kappa shape index (κ3) is 3.57. The van der Waals surface area contributed by atoms with Crippen LogP contribution in [0.5, 0.6) is 0 Å². The molecule has 0 radical (unpaired) electrons. The van der Waals surface area contributed by atoms with Crippen molar-refractivity contribution in [2.45, 2.75) is 19.4 Å². The molecule has 0 saturated carbocycles. The molecule has 1 atom stereocenters. The lowest BCUT2D eigenvalue weighted by Crippen LogP contribution is -2.22. The molecule has 1 aromatic carbocycles.